The van der Waals surface area contributed by atoms with Gasteiger partial charge in [0.05, 0.1) is 0 Å². The SMILES string of the molecule is CC1CCC=NN1. The summed E-state index contributed by atoms with van der Waals surface area (Å²) in [5.74, 6) is 0. The number of rotatable bonds is 0. The molecular formula is C5H10N2. The Balaban J connectivity index is 2.32. The predicted molar refractivity (Wildman–Crippen MR) is 30.3 cm³/mol. The second-order valence-corrected chi connectivity index (χ2v) is 1.92. The molecular weight excluding hydrogens is 88.1 g/mol. The van der Waals surface area contributed by atoms with E-state index < -0.39 is 0 Å². The quantitative estimate of drug-likeness (QED) is 0.475. The van der Waals surface area contributed by atoms with Gasteiger partial charge in [-0.05, 0) is 19.8 Å². The van der Waals surface area contributed by atoms with Crippen LogP contribution in [0, 0.1) is 0 Å². The second kappa shape index (κ2) is 1.96. The maximum atomic E-state index is 3.88. The molecule has 0 saturated carbocycles. The van der Waals surface area contributed by atoms with E-state index in [1.807, 2.05) is 6.21 Å². The molecule has 1 rings (SSSR count). The second-order valence-electron chi connectivity index (χ2n) is 1.92. The monoisotopic (exact) mass is 98.1 g/mol. The Hall–Kier alpha value is -0.530. The van der Waals surface area contributed by atoms with E-state index in [2.05, 4.69) is 17.5 Å². The molecule has 0 bridgehead atoms. The number of hydrogen-bond acceptors (Lipinski definition) is 2. The molecule has 0 aromatic rings. The van der Waals surface area contributed by atoms with Crippen LogP contribution in [0.5, 0.6) is 0 Å². The molecule has 0 aromatic carbocycles. The van der Waals surface area contributed by atoms with E-state index in [0.717, 1.165) is 6.42 Å². The molecule has 1 aliphatic heterocycles. The third-order valence-corrected chi connectivity index (χ3v) is 1.11. The topological polar surface area (TPSA) is 24.4 Å². The highest BCUT2D eigenvalue weighted by molar-refractivity contribution is 5.57. The first-order chi connectivity index (χ1) is 3.39. The van der Waals surface area contributed by atoms with Gasteiger partial charge in [-0.15, -0.1) is 0 Å². The molecule has 0 radical (unpaired) electrons. The lowest BCUT2D eigenvalue weighted by Crippen LogP contribution is -2.23. The highest BCUT2D eigenvalue weighted by Gasteiger charge is 1.99. The third-order valence-electron chi connectivity index (χ3n) is 1.11. The molecule has 0 spiro atoms. The van der Waals surface area contributed by atoms with Crippen molar-refractivity contribution in [2.24, 2.45) is 5.10 Å². The lowest BCUT2D eigenvalue weighted by molar-refractivity contribution is 0.525. The largest absolute Gasteiger partial charge is 0.308 e. The Kier molecular flexibility index (Phi) is 1.29. The van der Waals surface area contributed by atoms with Crippen LogP contribution in [0.3, 0.4) is 0 Å². The summed E-state index contributed by atoms with van der Waals surface area (Å²) in [7, 11) is 0. The van der Waals surface area contributed by atoms with Crippen molar-refractivity contribution in [2.45, 2.75) is 25.8 Å². The van der Waals surface area contributed by atoms with E-state index in [1.54, 1.807) is 0 Å². The van der Waals surface area contributed by atoms with Crippen molar-refractivity contribution in [3.63, 3.8) is 0 Å². The third kappa shape index (κ3) is 1.18. The summed E-state index contributed by atoms with van der Waals surface area (Å²) in [6.07, 6.45) is 4.28. The Morgan fingerprint density at radius 2 is 2.71 bits per heavy atom. The molecule has 0 aliphatic carbocycles. The van der Waals surface area contributed by atoms with Crippen molar-refractivity contribution in [3.05, 3.63) is 0 Å². The molecule has 1 atom stereocenters. The fourth-order valence-electron chi connectivity index (χ4n) is 0.634. The summed E-state index contributed by atoms with van der Waals surface area (Å²) in [6.45, 7) is 2.14. The van der Waals surface area contributed by atoms with Gasteiger partial charge in [0.1, 0.15) is 0 Å². The Morgan fingerprint density at radius 3 is 3.00 bits per heavy atom. The van der Waals surface area contributed by atoms with Crippen LogP contribution in [0.25, 0.3) is 0 Å². The van der Waals surface area contributed by atoms with Crippen LogP contribution >= 0.6 is 0 Å². The fraction of sp³-hybridized carbons (Fsp3) is 0.800. The maximum absolute atomic E-state index is 3.88. The van der Waals surface area contributed by atoms with Crippen molar-refractivity contribution in [1.29, 1.82) is 0 Å². The molecule has 1 N–H and O–H groups in total. The number of nitrogens with zero attached hydrogens (tertiary/aromatic N) is 1. The van der Waals surface area contributed by atoms with Gasteiger partial charge in [0.2, 0.25) is 0 Å². The number of hydrogen-bond donors (Lipinski definition) is 1. The Morgan fingerprint density at radius 1 is 1.86 bits per heavy atom. The van der Waals surface area contributed by atoms with Gasteiger partial charge in [-0.2, -0.15) is 5.10 Å². The van der Waals surface area contributed by atoms with Gasteiger partial charge in [-0.25, -0.2) is 0 Å². The fourth-order valence-corrected chi connectivity index (χ4v) is 0.634. The standard InChI is InChI=1S/C5H10N2/c1-5-3-2-4-6-7-5/h4-5,7H,2-3H2,1H3. The molecule has 0 saturated heterocycles. The summed E-state index contributed by atoms with van der Waals surface area (Å²) in [5.41, 5.74) is 2.95. The first-order valence-electron chi connectivity index (χ1n) is 2.66. The molecule has 1 aliphatic rings. The smallest absolute Gasteiger partial charge is 0.0415 e. The highest BCUT2D eigenvalue weighted by atomic mass is 15.3. The molecule has 1 heterocycles. The predicted octanol–water partition coefficient (Wildman–Crippen LogP) is 0.744. The first kappa shape index (κ1) is 4.62. The molecule has 0 amide bonds. The van der Waals surface area contributed by atoms with Crippen LogP contribution < -0.4 is 5.43 Å². The van der Waals surface area contributed by atoms with E-state index in [0.29, 0.717) is 6.04 Å². The van der Waals surface area contributed by atoms with E-state index in [-0.39, 0.29) is 0 Å². The van der Waals surface area contributed by atoms with Crippen molar-refractivity contribution < 1.29 is 0 Å². The van der Waals surface area contributed by atoms with Crippen molar-refractivity contribution in [2.75, 3.05) is 0 Å². The van der Waals surface area contributed by atoms with Crippen molar-refractivity contribution in [3.8, 4) is 0 Å². The maximum Gasteiger partial charge on any atom is 0.0415 e. The first-order valence-corrected chi connectivity index (χ1v) is 2.66. The van der Waals surface area contributed by atoms with E-state index in [9.17, 15) is 0 Å². The number of hydrazone groups is 1. The summed E-state index contributed by atoms with van der Waals surface area (Å²) >= 11 is 0. The average molecular weight is 98.1 g/mol. The lowest BCUT2D eigenvalue weighted by atomic mass is 10.2. The summed E-state index contributed by atoms with van der Waals surface area (Å²) in [6, 6.07) is 0.588. The van der Waals surface area contributed by atoms with Gasteiger partial charge in [0.15, 0.2) is 0 Å². The van der Waals surface area contributed by atoms with Crippen LogP contribution in [-0.2, 0) is 0 Å². The molecule has 0 aromatic heterocycles. The zero-order valence-electron chi connectivity index (χ0n) is 4.52. The highest BCUT2D eigenvalue weighted by Crippen LogP contribution is 1.97. The van der Waals surface area contributed by atoms with Crippen LogP contribution in [-0.4, -0.2) is 12.3 Å². The average Bonchev–Trinajstić information content (AvgIpc) is 1.69. The van der Waals surface area contributed by atoms with Gasteiger partial charge in [-0.1, -0.05) is 0 Å². The zero-order valence-corrected chi connectivity index (χ0v) is 4.52. The normalized spacial score (nSPS) is 29.6. The van der Waals surface area contributed by atoms with Gasteiger partial charge in [0, 0.05) is 12.3 Å². The van der Waals surface area contributed by atoms with Crippen LogP contribution in [0.4, 0.5) is 0 Å². The minimum Gasteiger partial charge on any atom is -0.308 e. The lowest BCUT2D eigenvalue weighted by Gasteiger charge is -2.12. The molecule has 2 heteroatoms. The van der Waals surface area contributed by atoms with Gasteiger partial charge < -0.3 is 5.43 Å². The van der Waals surface area contributed by atoms with Gasteiger partial charge in [0.25, 0.3) is 0 Å². The van der Waals surface area contributed by atoms with E-state index >= 15 is 0 Å². The van der Waals surface area contributed by atoms with Crippen LogP contribution in [0.15, 0.2) is 5.10 Å². The molecule has 1 unspecified atom stereocenters. The number of nitrogens with one attached hydrogen (secondary N) is 1. The van der Waals surface area contributed by atoms with Gasteiger partial charge in [-0.3, -0.25) is 0 Å². The van der Waals surface area contributed by atoms with Crippen LogP contribution in [0.1, 0.15) is 19.8 Å². The molecule has 40 valence electrons. The van der Waals surface area contributed by atoms with E-state index in [1.165, 1.54) is 6.42 Å². The van der Waals surface area contributed by atoms with Gasteiger partial charge >= 0.3 is 0 Å². The molecule has 7 heavy (non-hydrogen) atoms. The molecule has 0 fully saturated rings. The summed E-state index contributed by atoms with van der Waals surface area (Å²) in [4.78, 5) is 0. The van der Waals surface area contributed by atoms with E-state index in [4.69, 9.17) is 0 Å². The summed E-state index contributed by atoms with van der Waals surface area (Å²) < 4.78 is 0. The summed E-state index contributed by atoms with van der Waals surface area (Å²) in [5, 5.41) is 3.88. The van der Waals surface area contributed by atoms with Crippen molar-refractivity contribution >= 4 is 6.21 Å². The van der Waals surface area contributed by atoms with Crippen molar-refractivity contribution in [1.82, 2.24) is 5.43 Å². The molecule has 2 nitrogen and oxygen atoms in total. The zero-order chi connectivity index (χ0) is 5.11. The Bertz CT molecular complexity index is 78.1. The Labute approximate surface area is 43.6 Å². The minimum absolute atomic E-state index is 0.588. The minimum atomic E-state index is 0.588. The van der Waals surface area contributed by atoms with Crippen LogP contribution in [0.2, 0.25) is 0 Å².